The maximum Gasteiger partial charge on any atom is 0.344 e. The highest BCUT2D eigenvalue weighted by Crippen LogP contribution is 2.33. The third-order valence-electron chi connectivity index (χ3n) is 3.18. The van der Waals surface area contributed by atoms with Crippen molar-refractivity contribution in [2.75, 3.05) is 13.2 Å². The van der Waals surface area contributed by atoms with Crippen molar-refractivity contribution in [2.24, 2.45) is 0 Å². The van der Waals surface area contributed by atoms with Crippen LogP contribution in [0.4, 0.5) is 4.79 Å². The van der Waals surface area contributed by atoms with Gasteiger partial charge in [0.15, 0.2) is 6.61 Å². The highest BCUT2D eigenvalue weighted by molar-refractivity contribution is 8.18. The molecule has 0 bridgehead atoms. The fraction of sp³-hybridized carbons (Fsp3) is 0.353. The van der Waals surface area contributed by atoms with Crippen LogP contribution in [0.3, 0.4) is 0 Å². The Morgan fingerprint density at radius 3 is 2.46 bits per heavy atom. The Bertz CT molecular complexity index is 666. The van der Waals surface area contributed by atoms with Crippen molar-refractivity contribution < 1.29 is 23.9 Å². The number of amides is 2. The quantitative estimate of drug-likeness (QED) is 0.580. The average molecular weight is 349 g/mol. The molecule has 2 amide bonds. The first-order valence-corrected chi connectivity index (χ1v) is 8.39. The van der Waals surface area contributed by atoms with Gasteiger partial charge in [-0.25, -0.2) is 4.79 Å². The summed E-state index contributed by atoms with van der Waals surface area (Å²) in [5.74, 6) is -0.179. The second-order valence-electron chi connectivity index (χ2n) is 5.31. The van der Waals surface area contributed by atoms with E-state index >= 15 is 0 Å². The number of rotatable bonds is 6. The van der Waals surface area contributed by atoms with Crippen LogP contribution in [0.1, 0.15) is 26.3 Å². The van der Waals surface area contributed by atoms with E-state index in [1.165, 1.54) is 4.90 Å². The van der Waals surface area contributed by atoms with E-state index in [4.69, 9.17) is 9.47 Å². The standard InChI is InChI=1S/C17H19NO5S/c1-4-22-15(19)10-23-13-7-5-12(6-8-13)9-14-16(20)18(11(2)3)17(21)24-14/h5-9,11H,4,10H2,1-3H3/b14-9-. The van der Waals surface area contributed by atoms with Gasteiger partial charge in [-0.05, 0) is 56.3 Å². The molecule has 24 heavy (non-hydrogen) atoms. The first-order chi connectivity index (χ1) is 11.4. The molecule has 0 aliphatic carbocycles. The number of carbonyl (C=O) groups is 3. The molecule has 0 aromatic heterocycles. The zero-order chi connectivity index (χ0) is 17.7. The molecule has 0 atom stereocenters. The first kappa shape index (κ1) is 18.1. The second-order valence-corrected chi connectivity index (χ2v) is 6.30. The molecule has 1 aromatic carbocycles. The molecule has 1 saturated heterocycles. The SMILES string of the molecule is CCOC(=O)COc1ccc(/C=C2\SC(=O)N(C(C)C)C2=O)cc1. The average Bonchev–Trinajstić information content (AvgIpc) is 2.81. The molecular weight excluding hydrogens is 330 g/mol. The Hall–Kier alpha value is -2.28. The normalized spacial score (nSPS) is 16.2. The molecule has 0 spiro atoms. The summed E-state index contributed by atoms with van der Waals surface area (Å²) in [5, 5.41) is -0.254. The summed E-state index contributed by atoms with van der Waals surface area (Å²) in [6, 6.07) is 6.73. The minimum atomic E-state index is -0.427. The lowest BCUT2D eigenvalue weighted by atomic mass is 10.2. The summed E-state index contributed by atoms with van der Waals surface area (Å²) in [6.45, 7) is 5.49. The molecule has 0 unspecified atom stereocenters. The van der Waals surface area contributed by atoms with Crippen LogP contribution in [-0.4, -0.2) is 41.3 Å². The number of hydrogen-bond acceptors (Lipinski definition) is 6. The van der Waals surface area contributed by atoms with Crippen molar-refractivity contribution in [3.63, 3.8) is 0 Å². The Kier molecular flexibility index (Phi) is 6.03. The predicted octanol–water partition coefficient (Wildman–Crippen LogP) is 3.07. The third-order valence-corrected chi connectivity index (χ3v) is 4.06. The van der Waals surface area contributed by atoms with Gasteiger partial charge in [-0.15, -0.1) is 0 Å². The topological polar surface area (TPSA) is 72.9 Å². The van der Waals surface area contributed by atoms with E-state index in [0.717, 1.165) is 17.3 Å². The van der Waals surface area contributed by atoms with Gasteiger partial charge in [-0.1, -0.05) is 12.1 Å². The van der Waals surface area contributed by atoms with Crippen molar-refractivity contribution in [2.45, 2.75) is 26.8 Å². The van der Waals surface area contributed by atoms with Gasteiger partial charge >= 0.3 is 5.97 Å². The Balaban J connectivity index is 2.02. The summed E-state index contributed by atoms with van der Waals surface area (Å²) >= 11 is 0.935. The fourth-order valence-corrected chi connectivity index (χ4v) is 3.04. The molecule has 1 aliphatic heterocycles. The lowest BCUT2D eigenvalue weighted by Crippen LogP contribution is -2.34. The maximum atomic E-state index is 12.2. The molecule has 0 radical (unpaired) electrons. The van der Waals surface area contributed by atoms with Crippen molar-refractivity contribution in [3.8, 4) is 5.75 Å². The van der Waals surface area contributed by atoms with E-state index in [-0.39, 0.29) is 23.8 Å². The molecule has 0 saturated carbocycles. The van der Waals surface area contributed by atoms with Crippen LogP contribution < -0.4 is 4.74 Å². The van der Waals surface area contributed by atoms with Crippen molar-refractivity contribution in [3.05, 3.63) is 34.7 Å². The van der Waals surface area contributed by atoms with Crippen molar-refractivity contribution >= 4 is 35.0 Å². The Morgan fingerprint density at radius 2 is 1.92 bits per heavy atom. The Labute approximate surface area is 144 Å². The zero-order valence-electron chi connectivity index (χ0n) is 13.8. The van der Waals surface area contributed by atoms with Gasteiger partial charge in [0.2, 0.25) is 0 Å². The summed E-state index contributed by atoms with van der Waals surface area (Å²) in [6.07, 6.45) is 1.67. The van der Waals surface area contributed by atoms with Gasteiger partial charge in [0, 0.05) is 6.04 Å². The number of thioether (sulfide) groups is 1. The molecule has 1 aromatic rings. The highest BCUT2D eigenvalue weighted by atomic mass is 32.2. The van der Waals surface area contributed by atoms with E-state index in [1.807, 2.05) is 0 Å². The number of imide groups is 1. The lowest BCUT2D eigenvalue weighted by Gasteiger charge is -2.16. The number of benzene rings is 1. The van der Waals surface area contributed by atoms with Gasteiger partial charge in [-0.2, -0.15) is 0 Å². The predicted molar refractivity (Wildman–Crippen MR) is 91.5 cm³/mol. The van der Waals surface area contributed by atoms with E-state index in [9.17, 15) is 14.4 Å². The van der Waals surface area contributed by atoms with Gasteiger partial charge in [-0.3, -0.25) is 14.5 Å². The van der Waals surface area contributed by atoms with E-state index in [1.54, 1.807) is 51.1 Å². The number of hydrogen-bond donors (Lipinski definition) is 0. The molecule has 1 heterocycles. The van der Waals surface area contributed by atoms with Gasteiger partial charge < -0.3 is 9.47 Å². The molecule has 1 fully saturated rings. The van der Waals surface area contributed by atoms with Crippen LogP contribution in [0.2, 0.25) is 0 Å². The molecule has 0 N–H and O–H groups in total. The zero-order valence-corrected chi connectivity index (χ0v) is 14.6. The summed E-state index contributed by atoms with van der Waals surface area (Å²) in [7, 11) is 0. The van der Waals surface area contributed by atoms with E-state index in [2.05, 4.69) is 0 Å². The summed E-state index contributed by atoms with van der Waals surface area (Å²) < 4.78 is 10.1. The van der Waals surface area contributed by atoms with Crippen molar-refractivity contribution in [1.82, 2.24) is 4.90 Å². The van der Waals surface area contributed by atoms with Gasteiger partial charge in [0.05, 0.1) is 11.5 Å². The largest absolute Gasteiger partial charge is 0.482 e. The summed E-state index contributed by atoms with van der Waals surface area (Å²) in [4.78, 5) is 36.9. The number of ether oxygens (including phenoxy) is 2. The van der Waals surface area contributed by atoms with E-state index in [0.29, 0.717) is 17.3 Å². The van der Waals surface area contributed by atoms with Crippen LogP contribution in [0, 0.1) is 0 Å². The van der Waals surface area contributed by atoms with Crippen LogP contribution in [-0.2, 0) is 14.3 Å². The molecule has 128 valence electrons. The monoisotopic (exact) mass is 349 g/mol. The Morgan fingerprint density at radius 1 is 1.25 bits per heavy atom. The van der Waals surface area contributed by atoms with Crippen LogP contribution in [0.25, 0.3) is 6.08 Å². The van der Waals surface area contributed by atoms with E-state index < -0.39 is 5.97 Å². The number of carbonyl (C=O) groups excluding carboxylic acids is 3. The van der Waals surface area contributed by atoms with Crippen LogP contribution >= 0.6 is 11.8 Å². The highest BCUT2D eigenvalue weighted by Gasteiger charge is 2.36. The fourth-order valence-electron chi connectivity index (χ4n) is 2.08. The number of nitrogens with zero attached hydrogens (tertiary/aromatic N) is 1. The minimum Gasteiger partial charge on any atom is -0.482 e. The maximum absolute atomic E-state index is 12.2. The molecule has 6 nitrogen and oxygen atoms in total. The molecule has 7 heteroatoms. The smallest absolute Gasteiger partial charge is 0.344 e. The van der Waals surface area contributed by atoms with Gasteiger partial charge in [0.1, 0.15) is 5.75 Å². The van der Waals surface area contributed by atoms with Crippen molar-refractivity contribution in [1.29, 1.82) is 0 Å². The van der Waals surface area contributed by atoms with Crippen LogP contribution in [0.15, 0.2) is 29.2 Å². The van der Waals surface area contributed by atoms with Gasteiger partial charge in [0.25, 0.3) is 11.1 Å². The molecule has 2 rings (SSSR count). The lowest BCUT2D eigenvalue weighted by molar-refractivity contribution is -0.145. The second kappa shape index (κ2) is 8.01. The number of esters is 1. The minimum absolute atomic E-state index is 0.152. The first-order valence-electron chi connectivity index (χ1n) is 7.58. The molecule has 1 aliphatic rings. The van der Waals surface area contributed by atoms with Crippen LogP contribution in [0.5, 0.6) is 5.75 Å². The summed E-state index contributed by atoms with van der Waals surface area (Å²) in [5.41, 5.74) is 0.771. The third kappa shape index (κ3) is 4.38. The molecular formula is C17H19NO5S.